The number of methoxy groups -OCH3 is 2. The van der Waals surface area contributed by atoms with Crippen LogP contribution in [0.4, 0.5) is 0 Å². The lowest BCUT2D eigenvalue weighted by atomic mass is 9.74. The van der Waals surface area contributed by atoms with Crippen molar-refractivity contribution in [3.63, 3.8) is 0 Å². The van der Waals surface area contributed by atoms with Crippen LogP contribution in [0.15, 0.2) is 29.8 Å². The van der Waals surface area contributed by atoms with E-state index in [2.05, 4.69) is 13.0 Å². The molecule has 1 aliphatic carbocycles. The summed E-state index contributed by atoms with van der Waals surface area (Å²) < 4.78 is 21.6. The van der Waals surface area contributed by atoms with E-state index in [0.717, 1.165) is 18.4 Å². The summed E-state index contributed by atoms with van der Waals surface area (Å²) in [5.74, 6) is 1.51. The molecule has 2 rings (SSSR count). The van der Waals surface area contributed by atoms with Gasteiger partial charge in [0.1, 0.15) is 17.3 Å². The van der Waals surface area contributed by atoms with Crippen LogP contribution in [0.25, 0.3) is 0 Å². The summed E-state index contributed by atoms with van der Waals surface area (Å²) in [4.78, 5) is 12.2. The second kappa shape index (κ2) is 8.85. The van der Waals surface area contributed by atoms with Crippen LogP contribution < -0.4 is 9.47 Å². The lowest BCUT2D eigenvalue weighted by Crippen LogP contribution is -2.24. The maximum absolute atomic E-state index is 12.2. The number of carbonyl (C=O) groups is 1. The molecule has 0 saturated carbocycles. The molecule has 0 heterocycles. The first-order valence-corrected chi connectivity index (χ1v) is 8.11. The van der Waals surface area contributed by atoms with Crippen molar-refractivity contribution in [2.24, 2.45) is 5.92 Å². The average Bonchev–Trinajstić information content (AvgIpc) is 2.57. The van der Waals surface area contributed by atoms with Gasteiger partial charge in [-0.3, -0.25) is 4.79 Å². The fourth-order valence-corrected chi connectivity index (χ4v) is 3.20. The van der Waals surface area contributed by atoms with Gasteiger partial charge in [-0.05, 0) is 38.8 Å². The zero-order valence-corrected chi connectivity index (χ0v) is 14.8. The molecule has 0 aliphatic heterocycles. The van der Waals surface area contributed by atoms with Gasteiger partial charge in [-0.25, -0.2) is 0 Å². The summed E-state index contributed by atoms with van der Waals surface area (Å²) in [5.41, 5.74) is 2.19. The smallest absolute Gasteiger partial charge is 0.188 e. The molecule has 5 heteroatoms. The number of rotatable bonds is 8. The Morgan fingerprint density at radius 3 is 2.21 bits per heavy atom. The van der Waals surface area contributed by atoms with Gasteiger partial charge in [-0.1, -0.05) is 17.7 Å². The molecule has 2 atom stereocenters. The van der Waals surface area contributed by atoms with Crippen LogP contribution in [0.5, 0.6) is 11.5 Å². The molecule has 0 amide bonds. The van der Waals surface area contributed by atoms with E-state index in [1.165, 1.54) is 5.57 Å². The van der Waals surface area contributed by atoms with E-state index in [1.807, 2.05) is 18.2 Å². The minimum atomic E-state index is -0.0779. The number of ether oxygens (including phenoxy) is 4. The standard InChI is InChI=1S/C19H26O5/c1-13-8-9-15(14(2)20)16(10-13)19-17(23-11-21-3)6-5-7-18(19)24-12-22-4/h5-8,15-16H,9-12H2,1-4H3/t15-,16+/m0/s1. The highest BCUT2D eigenvalue weighted by Crippen LogP contribution is 2.46. The Morgan fingerprint density at radius 2 is 1.71 bits per heavy atom. The molecule has 0 unspecified atom stereocenters. The Hall–Kier alpha value is -1.85. The molecule has 1 aromatic rings. The minimum Gasteiger partial charge on any atom is -0.467 e. The fourth-order valence-electron chi connectivity index (χ4n) is 3.20. The molecule has 0 radical (unpaired) electrons. The SMILES string of the molecule is COCOc1cccc(OCOC)c1[C@@H]1CC(C)=CC[C@H]1C(C)=O. The molecule has 1 aliphatic rings. The van der Waals surface area contributed by atoms with Crippen LogP contribution in [-0.4, -0.2) is 33.6 Å². The Kier molecular flexibility index (Phi) is 6.82. The van der Waals surface area contributed by atoms with E-state index in [0.29, 0.717) is 11.5 Å². The first-order valence-electron chi connectivity index (χ1n) is 8.11. The Bertz CT molecular complexity index is 567. The molecule has 0 spiro atoms. The highest BCUT2D eigenvalue weighted by Gasteiger charge is 2.33. The predicted molar refractivity (Wildman–Crippen MR) is 91.4 cm³/mol. The quantitative estimate of drug-likeness (QED) is 0.536. The number of benzene rings is 1. The molecule has 0 fully saturated rings. The van der Waals surface area contributed by atoms with E-state index in [4.69, 9.17) is 18.9 Å². The summed E-state index contributed by atoms with van der Waals surface area (Å²) >= 11 is 0. The Balaban J connectivity index is 2.46. The molecular weight excluding hydrogens is 308 g/mol. The Labute approximate surface area is 143 Å². The van der Waals surface area contributed by atoms with Crippen LogP contribution in [0.2, 0.25) is 0 Å². The molecule has 1 aromatic carbocycles. The first-order chi connectivity index (χ1) is 11.6. The Morgan fingerprint density at radius 1 is 1.12 bits per heavy atom. The minimum absolute atomic E-state index is 0.0208. The van der Waals surface area contributed by atoms with Crippen molar-refractivity contribution in [2.75, 3.05) is 27.8 Å². The van der Waals surface area contributed by atoms with Crippen LogP contribution in [0, 0.1) is 5.92 Å². The predicted octanol–water partition coefficient (Wildman–Crippen LogP) is 3.68. The van der Waals surface area contributed by atoms with E-state index in [9.17, 15) is 4.79 Å². The number of hydrogen-bond acceptors (Lipinski definition) is 5. The molecular formula is C19H26O5. The number of hydrogen-bond donors (Lipinski definition) is 0. The zero-order chi connectivity index (χ0) is 17.5. The lowest BCUT2D eigenvalue weighted by molar-refractivity contribution is -0.121. The summed E-state index contributed by atoms with van der Waals surface area (Å²) in [6.07, 6.45) is 3.70. The van der Waals surface area contributed by atoms with E-state index in [1.54, 1.807) is 21.1 Å². The highest BCUT2D eigenvalue weighted by molar-refractivity contribution is 5.80. The summed E-state index contributed by atoms with van der Waals surface area (Å²) in [5, 5.41) is 0. The van der Waals surface area contributed by atoms with E-state index < -0.39 is 0 Å². The van der Waals surface area contributed by atoms with Gasteiger partial charge in [0.15, 0.2) is 13.6 Å². The van der Waals surface area contributed by atoms with Gasteiger partial charge in [0, 0.05) is 31.6 Å². The third-order valence-electron chi connectivity index (χ3n) is 4.33. The summed E-state index contributed by atoms with van der Waals surface area (Å²) in [7, 11) is 3.16. The first kappa shape index (κ1) is 18.5. The van der Waals surface area contributed by atoms with Crippen molar-refractivity contribution >= 4 is 5.78 Å². The van der Waals surface area contributed by atoms with Gasteiger partial charge in [0.25, 0.3) is 0 Å². The lowest BCUT2D eigenvalue weighted by Gasteiger charge is -2.31. The van der Waals surface area contributed by atoms with Gasteiger partial charge >= 0.3 is 0 Å². The van der Waals surface area contributed by atoms with Crippen LogP contribution in [-0.2, 0) is 14.3 Å². The number of Topliss-reactive ketones (excluding diaryl/α,β-unsaturated/α-hetero) is 1. The normalized spacial score (nSPS) is 20.4. The number of ketones is 1. The van der Waals surface area contributed by atoms with Crippen molar-refractivity contribution in [3.8, 4) is 11.5 Å². The molecule has 0 N–H and O–H groups in total. The second-order valence-electron chi connectivity index (χ2n) is 6.08. The van der Waals surface area contributed by atoms with Crippen molar-refractivity contribution in [1.29, 1.82) is 0 Å². The van der Waals surface area contributed by atoms with Crippen LogP contribution in [0.1, 0.15) is 38.2 Å². The van der Waals surface area contributed by atoms with E-state index in [-0.39, 0.29) is 31.2 Å². The van der Waals surface area contributed by atoms with Crippen molar-refractivity contribution in [2.45, 2.75) is 32.6 Å². The average molecular weight is 334 g/mol. The molecule has 0 aromatic heterocycles. The van der Waals surface area contributed by atoms with Gasteiger partial charge in [-0.2, -0.15) is 0 Å². The van der Waals surface area contributed by atoms with Crippen molar-refractivity contribution in [1.82, 2.24) is 0 Å². The molecule has 132 valence electrons. The maximum atomic E-state index is 12.2. The third-order valence-corrected chi connectivity index (χ3v) is 4.33. The maximum Gasteiger partial charge on any atom is 0.188 e. The second-order valence-corrected chi connectivity index (χ2v) is 6.08. The third kappa shape index (κ3) is 4.36. The van der Waals surface area contributed by atoms with Gasteiger partial charge < -0.3 is 18.9 Å². The molecule has 0 bridgehead atoms. The molecule has 5 nitrogen and oxygen atoms in total. The number of allylic oxidation sites excluding steroid dienone is 2. The van der Waals surface area contributed by atoms with Crippen molar-refractivity contribution in [3.05, 3.63) is 35.4 Å². The van der Waals surface area contributed by atoms with Crippen LogP contribution >= 0.6 is 0 Å². The molecule has 0 saturated heterocycles. The monoisotopic (exact) mass is 334 g/mol. The van der Waals surface area contributed by atoms with Crippen LogP contribution in [0.3, 0.4) is 0 Å². The van der Waals surface area contributed by atoms with E-state index >= 15 is 0 Å². The highest BCUT2D eigenvalue weighted by atomic mass is 16.7. The largest absolute Gasteiger partial charge is 0.467 e. The van der Waals surface area contributed by atoms with Gasteiger partial charge in [0.05, 0.1) is 0 Å². The van der Waals surface area contributed by atoms with Gasteiger partial charge in [0.2, 0.25) is 0 Å². The van der Waals surface area contributed by atoms with Gasteiger partial charge in [-0.15, -0.1) is 0 Å². The topological polar surface area (TPSA) is 54.0 Å². The summed E-state index contributed by atoms with van der Waals surface area (Å²) in [6, 6.07) is 5.64. The molecule has 24 heavy (non-hydrogen) atoms. The fraction of sp³-hybridized carbons (Fsp3) is 0.526. The number of carbonyl (C=O) groups excluding carboxylic acids is 1. The van der Waals surface area contributed by atoms with Crippen molar-refractivity contribution < 1.29 is 23.7 Å². The zero-order valence-electron chi connectivity index (χ0n) is 14.8. The summed E-state index contributed by atoms with van der Waals surface area (Å²) in [6.45, 7) is 4.04.